The second-order valence-electron chi connectivity index (χ2n) is 6.15. The molecular weight excluding hydrogens is 288 g/mol. The molecule has 0 saturated carbocycles. The number of nitrogens with zero attached hydrogens (tertiary/aromatic N) is 2. The highest BCUT2D eigenvalue weighted by atomic mass is 16.5. The predicted octanol–water partition coefficient (Wildman–Crippen LogP) is 3.67. The third kappa shape index (κ3) is 3.17. The highest BCUT2D eigenvalue weighted by Crippen LogP contribution is 2.33. The number of anilines is 1. The van der Waals surface area contributed by atoms with Crippen molar-refractivity contribution >= 4 is 11.5 Å². The van der Waals surface area contributed by atoms with Crippen LogP contribution in [0.3, 0.4) is 0 Å². The van der Waals surface area contributed by atoms with Crippen molar-refractivity contribution in [3.8, 4) is 0 Å². The molecule has 0 radical (unpaired) electrons. The molecule has 2 aliphatic rings. The Morgan fingerprint density at radius 2 is 1.91 bits per heavy atom. The van der Waals surface area contributed by atoms with Crippen LogP contribution in [0.4, 0.5) is 5.88 Å². The van der Waals surface area contributed by atoms with E-state index in [1.807, 2.05) is 6.07 Å². The van der Waals surface area contributed by atoms with E-state index in [9.17, 15) is 0 Å². The summed E-state index contributed by atoms with van der Waals surface area (Å²) in [4.78, 5) is 7.12. The molecule has 0 atom stereocenters. The fraction of sp³-hybridized carbons (Fsp3) is 0.421. The molecule has 2 heterocycles. The number of hydrogen-bond acceptors (Lipinski definition) is 4. The fourth-order valence-corrected chi connectivity index (χ4v) is 3.26. The Balaban J connectivity index is 1.66. The van der Waals surface area contributed by atoms with Gasteiger partial charge in [0.1, 0.15) is 5.69 Å². The first-order valence-electron chi connectivity index (χ1n) is 8.46. The molecule has 4 rings (SSSR count). The number of hydrogen-bond donors (Lipinski definition) is 0. The molecule has 0 N–H and O–H groups in total. The quantitative estimate of drug-likeness (QED) is 0.863. The van der Waals surface area contributed by atoms with Crippen LogP contribution in [0, 0.1) is 0 Å². The van der Waals surface area contributed by atoms with Crippen molar-refractivity contribution in [3.63, 3.8) is 0 Å². The Kier molecular flexibility index (Phi) is 4.16. The summed E-state index contributed by atoms with van der Waals surface area (Å²) < 4.78 is 11.7. The van der Waals surface area contributed by atoms with Gasteiger partial charge in [-0.15, -0.1) is 0 Å². The Bertz CT molecular complexity index is 685. The van der Waals surface area contributed by atoms with Gasteiger partial charge in [-0.25, -0.2) is 4.98 Å². The van der Waals surface area contributed by atoms with Crippen LogP contribution >= 0.6 is 0 Å². The van der Waals surface area contributed by atoms with E-state index in [2.05, 4.69) is 35.2 Å². The molecule has 1 aliphatic carbocycles. The molecular formula is C19H22N2O2. The predicted molar refractivity (Wildman–Crippen MR) is 90.6 cm³/mol. The van der Waals surface area contributed by atoms with Crippen molar-refractivity contribution in [1.29, 1.82) is 0 Å². The molecule has 0 unspecified atom stereocenters. The lowest BCUT2D eigenvalue weighted by molar-refractivity contribution is 0.120. The van der Waals surface area contributed by atoms with E-state index < -0.39 is 0 Å². The molecule has 1 aromatic carbocycles. The standard InChI is InChI=1S/C19H22N2O2/c1-2-6-15(7-3-1)14-17-19(21-10-12-22-13-11-21)23-18(20-17)16-8-4-5-9-16/h1-3,6-8H,4-5,9-14H2. The van der Waals surface area contributed by atoms with Crippen LogP contribution in [0.1, 0.15) is 36.4 Å². The van der Waals surface area contributed by atoms with E-state index in [1.54, 1.807) is 0 Å². The van der Waals surface area contributed by atoms with Gasteiger partial charge < -0.3 is 14.1 Å². The van der Waals surface area contributed by atoms with Crippen molar-refractivity contribution in [2.45, 2.75) is 25.7 Å². The maximum atomic E-state index is 6.20. The van der Waals surface area contributed by atoms with Crippen LogP contribution in [-0.4, -0.2) is 31.3 Å². The molecule has 1 aliphatic heterocycles. The highest BCUT2D eigenvalue weighted by molar-refractivity contribution is 5.62. The third-order valence-electron chi connectivity index (χ3n) is 4.51. The summed E-state index contributed by atoms with van der Waals surface area (Å²) in [6, 6.07) is 10.5. The number of rotatable bonds is 4. The number of aromatic nitrogens is 1. The largest absolute Gasteiger partial charge is 0.421 e. The van der Waals surface area contributed by atoms with Gasteiger partial charge in [-0.2, -0.15) is 0 Å². The summed E-state index contributed by atoms with van der Waals surface area (Å²) in [6.45, 7) is 3.25. The van der Waals surface area contributed by atoms with Crippen LogP contribution in [-0.2, 0) is 11.2 Å². The van der Waals surface area contributed by atoms with Gasteiger partial charge >= 0.3 is 0 Å². The minimum atomic E-state index is 0.753. The van der Waals surface area contributed by atoms with Crippen LogP contribution in [0.2, 0.25) is 0 Å². The van der Waals surface area contributed by atoms with E-state index in [-0.39, 0.29) is 0 Å². The van der Waals surface area contributed by atoms with E-state index >= 15 is 0 Å². The maximum absolute atomic E-state index is 6.20. The second kappa shape index (κ2) is 6.59. The van der Waals surface area contributed by atoms with Crippen molar-refractivity contribution in [2.24, 2.45) is 0 Å². The molecule has 0 bridgehead atoms. The van der Waals surface area contributed by atoms with Crippen LogP contribution in [0.5, 0.6) is 0 Å². The SMILES string of the molecule is C1=C(c2nc(Cc3ccccc3)c(N3CCOCC3)o2)CCC1. The van der Waals surface area contributed by atoms with E-state index in [4.69, 9.17) is 14.1 Å². The molecule has 1 fully saturated rings. The highest BCUT2D eigenvalue weighted by Gasteiger charge is 2.23. The van der Waals surface area contributed by atoms with E-state index in [0.29, 0.717) is 0 Å². The van der Waals surface area contributed by atoms with E-state index in [0.717, 1.165) is 63.0 Å². The number of benzene rings is 1. The number of oxazole rings is 1. The molecule has 0 amide bonds. The first-order chi connectivity index (χ1) is 11.4. The van der Waals surface area contributed by atoms with Crippen molar-refractivity contribution < 1.29 is 9.15 Å². The zero-order valence-electron chi connectivity index (χ0n) is 13.3. The first-order valence-corrected chi connectivity index (χ1v) is 8.46. The van der Waals surface area contributed by atoms with Gasteiger partial charge in [0, 0.05) is 25.1 Å². The first kappa shape index (κ1) is 14.5. The minimum absolute atomic E-state index is 0.753. The third-order valence-corrected chi connectivity index (χ3v) is 4.51. The van der Waals surface area contributed by atoms with Gasteiger partial charge in [-0.3, -0.25) is 0 Å². The number of ether oxygens (including phenoxy) is 1. The number of allylic oxidation sites excluding steroid dienone is 2. The van der Waals surface area contributed by atoms with Gasteiger partial charge in [0.05, 0.1) is 13.2 Å². The summed E-state index contributed by atoms with van der Waals surface area (Å²) in [5.41, 5.74) is 3.57. The molecule has 4 nitrogen and oxygen atoms in total. The Labute approximate surface area is 136 Å². The Morgan fingerprint density at radius 1 is 1.09 bits per heavy atom. The summed E-state index contributed by atoms with van der Waals surface area (Å²) in [5.74, 6) is 1.75. The normalized spacial score (nSPS) is 18.3. The minimum Gasteiger partial charge on any atom is -0.421 e. The van der Waals surface area contributed by atoms with Gasteiger partial charge in [0.2, 0.25) is 11.8 Å². The molecule has 1 aromatic heterocycles. The van der Waals surface area contributed by atoms with Gasteiger partial charge in [0.15, 0.2) is 0 Å². The molecule has 0 spiro atoms. The average Bonchev–Trinajstić information content (AvgIpc) is 3.26. The van der Waals surface area contributed by atoms with Crippen molar-refractivity contribution in [2.75, 3.05) is 31.2 Å². The number of morpholine rings is 1. The molecule has 2 aromatic rings. The lowest BCUT2D eigenvalue weighted by Gasteiger charge is -2.26. The second-order valence-corrected chi connectivity index (χ2v) is 6.15. The van der Waals surface area contributed by atoms with E-state index in [1.165, 1.54) is 17.6 Å². The zero-order chi connectivity index (χ0) is 15.5. The van der Waals surface area contributed by atoms with Crippen molar-refractivity contribution in [1.82, 2.24) is 4.98 Å². The van der Waals surface area contributed by atoms with Crippen molar-refractivity contribution in [3.05, 3.63) is 53.6 Å². The lowest BCUT2D eigenvalue weighted by Crippen LogP contribution is -2.36. The van der Waals surface area contributed by atoms with Gasteiger partial charge in [0.25, 0.3) is 0 Å². The summed E-state index contributed by atoms with van der Waals surface area (Å²) in [7, 11) is 0. The Morgan fingerprint density at radius 3 is 2.65 bits per heavy atom. The van der Waals surface area contributed by atoms with Gasteiger partial charge in [-0.1, -0.05) is 36.4 Å². The average molecular weight is 310 g/mol. The van der Waals surface area contributed by atoms with Crippen LogP contribution in [0.25, 0.3) is 5.57 Å². The molecule has 1 saturated heterocycles. The topological polar surface area (TPSA) is 38.5 Å². The molecule has 120 valence electrons. The smallest absolute Gasteiger partial charge is 0.224 e. The monoisotopic (exact) mass is 310 g/mol. The molecule has 4 heteroatoms. The zero-order valence-corrected chi connectivity index (χ0v) is 13.3. The summed E-state index contributed by atoms with van der Waals surface area (Å²) in [5, 5.41) is 0. The molecule has 23 heavy (non-hydrogen) atoms. The lowest BCUT2D eigenvalue weighted by atomic mass is 10.1. The van der Waals surface area contributed by atoms with Crippen LogP contribution < -0.4 is 4.90 Å². The van der Waals surface area contributed by atoms with Gasteiger partial charge in [-0.05, 0) is 24.8 Å². The van der Waals surface area contributed by atoms with Crippen LogP contribution in [0.15, 0.2) is 40.8 Å². The summed E-state index contributed by atoms with van der Waals surface area (Å²) >= 11 is 0. The Hall–Kier alpha value is -2.07. The fourth-order valence-electron chi connectivity index (χ4n) is 3.26. The maximum Gasteiger partial charge on any atom is 0.224 e. The summed E-state index contributed by atoms with van der Waals surface area (Å²) in [6.07, 6.45) is 6.50.